The smallest absolute Gasteiger partial charge is 0.227 e. The van der Waals surface area contributed by atoms with E-state index in [-0.39, 0.29) is 5.41 Å². The molecule has 0 spiro atoms. The van der Waals surface area contributed by atoms with Crippen molar-refractivity contribution in [3.05, 3.63) is 59.5 Å². The maximum atomic E-state index is 5.93. The molecule has 142 valence electrons. The van der Waals surface area contributed by atoms with Gasteiger partial charge in [0.1, 0.15) is 6.61 Å². The van der Waals surface area contributed by atoms with Crippen molar-refractivity contribution in [3.63, 3.8) is 0 Å². The van der Waals surface area contributed by atoms with E-state index in [0.29, 0.717) is 29.8 Å². The van der Waals surface area contributed by atoms with E-state index >= 15 is 0 Å². The molecule has 0 radical (unpaired) electrons. The second-order valence-corrected chi connectivity index (χ2v) is 7.89. The molecule has 0 atom stereocenters. The monoisotopic (exact) mass is 366 g/mol. The summed E-state index contributed by atoms with van der Waals surface area (Å²) in [4.78, 5) is 4.50. The summed E-state index contributed by atoms with van der Waals surface area (Å²) >= 11 is 0. The molecule has 0 N–H and O–H groups in total. The van der Waals surface area contributed by atoms with Gasteiger partial charge in [0.05, 0.1) is 7.11 Å². The molecule has 0 aliphatic rings. The SMILES string of the molecule is COc1cc(-c2noc(CC(C)(C)C)n2)ccc1OCc1ccc(C)cc1. The molecule has 0 aliphatic heterocycles. The third kappa shape index (κ3) is 5.09. The average molecular weight is 366 g/mol. The lowest BCUT2D eigenvalue weighted by atomic mass is 9.92. The molecule has 5 heteroatoms. The van der Waals surface area contributed by atoms with Crippen LogP contribution >= 0.6 is 0 Å². The molecule has 2 aromatic carbocycles. The minimum Gasteiger partial charge on any atom is -0.493 e. The van der Waals surface area contributed by atoms with Gasteiger partial charge in [0.25, 0.3) is 0 Å². The number of hydrogen-bond donors (Lipinski definition) is 0. The van der Waals surface area contributed by atoms with Crippen molar-refractivity contribution in [1.29, 1.82) is 0 Å². The first-order valence-corrected chi connectivity index (χ1v) is 9.03. The van der Waals surface area contributed by atoms with E-state index in [1.165, 1.54) is 5.56 Å². The number of aryl methyl sites for hydroxylation is 1. The molecular weight excluding hydrogens is 340 g/mol. The van der Waals surface area contributed by atoms with Crippen molar-refractivity contribution >= 4 is 0 Å². The summed E-state index contributed by atoms with van der Waals surface area (Å²) < 4.78 is 16.8. The van der Waals surface area contributed by atoms with Crippen LogP contribution < -0.4 is 9.47 Å². The van der Waals surface area contributed by atoms with E-state index in [1.54, 1.807) is 7.11 Å². The van der Waals surface area contributed by atoms with Crippen molar-refractivity contribution in [3.8, 4) is 22.9 Å². The lowest BCUT2D eigenvalue weighted by Gasteiger charge is -2.13. The largest absolute Gasteiger partial charge is 0.493 e. The van der Waals surface area contributed by atoms with Gasteiger partial charge in [0, 0.05) is 12.0 Å². The molecule has 0 unspecified atom stereocenters. The fourth-order valence-corrected chi connectivity index (χ4v) is 2.67. The van der Waals surface area contributed by atoms with Crippen LogP contribution in [0.5, 0.6) is 11.5 Å². The first-order chi connectivity index (χ1) is 12.8. The van der Waals surface area contributed by atoms with Crippen molar-refractivity contribution in [2.24, 2.45) is 5.41 Å². The zero-order chi connectivity index (χ0) is 19.4. The fraction of sp³-hybridized carbons (Fsp3) is 0.364. The van der Waals surface area contributed by atoms with E-state index in [1.807, 2.05) is 18.2 Å². The van der Waals surface area contributed by atoms with Gasteiger partial charge >= 0.3 is 0 Å². The fourth-order valence-electron chi connectivity index (χ4n) is 2.67. The molecule has 0 saturated heterocycles. The summed E-state index contributed by atoms with van der Waals surface area (Å²) in [5, 5.41) is 4.10. The standard InChI is InChI=1S/C22H26N2O3/c1-15-6-8-16(9-7-15)14-26-18-11-10-17(12-19(18)25-5)21-23-20(27-24-21)13-22(2,3)4/h6-12H,13-14H2,1-5H3. The van der Waals surface area contributed by atoms with Gasteiger partial charge in [-0.3, -0.25) is 0 Å². The summed E-state index contributed by atoms with van der Waals surface area (Å²) in [5.41, 5.74) is 3.26. The van der Waals surface area contributed by atoms with Crippen LogP contribution in [0.4, 0.5) is 0 Å². The van der Waals surface area contributed by atoms with E-state index < -0.39 is 0 Å². The number of nitrogens with zero attached hydrogens (tertiary/aromatic N) is 2. The van der Waals surface area contributed by atoms with Crippen LogP contribution in [0.25, 0.3) is 11.4 Å². The molecule has 0 fully saturated rings. The molecule has 0 saturated carbocycles. The maximum absolute atomic E-state index is 5.93. The summed E-state index contributed by atoms with van der Waals surface area (Å²) in [6.45, 7) is 8.96. The second kappa shape index (κ2) is 7.82. The Labute approximate surface area is 160 Å². The highest BCUT2D eigenvalue weighted by molar-refractivity contribution is 5.60. The molecule has 0 aliphatic carbocycles. The highest BCUT2D eigenvalue weighted by atomic mass is 16.5. The molecule has 0 bridgehead atoms. The van der Waals surface area contributed by atoms with Gasteiger partial charge in [-0.2, -0.15) is 4.98 Å². The Morgan fingerprint density at radius 3 is 2.41 bits per heavy atom. The Kier molecular flexibility index (Phi) is 5.49. The summed E-state index contributed by atoms with van der Waals surface area (Å²) in [6.07, 6.45) is 0.731. The molecule has 3 aromatic rings. The van der Waals surface area contributed by atoms with Crippen LogP contribution in [0.3, 0.4) is 0 Å². The minimum absolute atomic E-state index is 0.0924. The average Bonchev–Trinajstić information content (AvgIpc) is 3.07. The van der Waals surface area contributed by atoms with Crippen molar-refractivity contribution in [1.82, 2.24) is 10.1 Å². The summed E-state index contributed by atoms with van der Waals surface area (Å²) in [6, 6.07) is 13.9. The van der Waals surface area contributed by atoms with E-state index in [0.717, 1.165) is 17.5 Å². The Hall–Kier alpha value is -2.82. The molecule has 0 amide bonds. The van der Waals surface area contributed by atoms with Gasteiger partial charge in [-0.05, 0) is 36.1 Å². The second-order valence-electron chi connectivity index (χ2n) is 7.89. The van der Waals surface area contributed by atoms with Gasteiger partial charge in [0.2, 0.25) is 11.7 Å². The van der Waals surface area contributed by atoms with E-state index in [2.05, 4.69) is 62.1 Å². The zero-order valence-corrected chi connectivity index (χ0v) is 16.6. The number of aromatic nitrogens is 2. The molecule has 1 aromatic heterocycles. The normalized spacial score (nSPS) is 11.4. The van der Waals surface area contributed by atoms with Crippen LogP contribution in [0.2, 0.25) is 0 Å². The Morgan fingerprint density at radius 1 is 1.00 bits per heavy atom. The van der Waals surface area contributed by atoms with E-state index in [4.69, 9.17) is 14.0 Å². The molecular formula is C22H26N2O3. The Balaban J connectivity index is 1.75. The van der Waals surface area contributed by atoms with Crippen LogP contribution in [0.1, 0.15) is 37.8 Å². The van der Waals surface area contributed by atoms with Gasteiger partial charge in [-0.25, -0.2) is 0 Å². The third-order valence-corrected chi connectivity index (χ3v) is 4.09. The molecule has 5 nitrogen and oxygen atoms in total. The van der Waals surface area contributed by atoms with Crippen LogP contribution in [-0.4, -0.2) is 17.3 Å². The number of rotatable bonds is 6. The number of ether oxygens (including phenoxy) is 2. The van der Waals surface area contributed by atoms with Gasteiger partial charge in [-0.1, -0.05) is 55.8 Å². The van der Waals surface area contributed by atoms with Crippen LogP contribution in [0.15, 0.2) is 47.0 Å². The molecule has 3 rings (SSSR count). The highest BCUT2D eigenvalue weighted by Gasteiger charge is 2.18. The first kappa shape index (κ1) is 19.0. The lowest BCUT2D eigenvalue weighted by molar-refractivity contribution is 0.284. The summed E-state index contributed by atoms with van der Waals surface area (Å²) in [7, 11) is 1.62. The van der Waals surface area contributed by atoms with Gasteiger partial charge in [0.15, 0.2) is 11.5 Å². The number of hydrogen-bond acceptors (Lipinski definition) is 5. The highest BCUT2D eigenvalue weighted by Crippen LogP contribution is 2.32. The van der Waals surface area contributed by atoms with Crippen LogP contribution in [0, 0.1) is 12.3 Å². The maximum Gasteiger partial charge on any atom is 0.227 e. The third-order valence-electron chi connectivity index (χ3n) is 4.09. The predicted molar refractivity (Wildman–Crippen MR) is 105 cm³/mol. The van der Waals surface area contributed by atoms with Gasteiger partial charge in [-0.15, -0.1) is 0 Å². The Bertz CT molecular complexity index is 893. The van der Waals surface area contributed by atoms with Crippen molar-refractivity contribution in [2.75, 3.05) is 7.11 Å². The Morgan fingerprint density at radius 2 is 1.74 bits per heavy atom. The minimum atomic E-state index is 0.0924. The lowest BCUT2D eigenvalue weighted by Crippen LogP contribution is -2.09. The van der Waals surface area contributed by atoms with Crippen LogP contribution in [-0.2, 0) is 13.0 Å². The van der Waals surface area contributed by atoms with Gasteiger partial charge < -0.3 is 14.0 Å². The molecule has 27 heavy (non-hydrogen) atoms. The predicted octanol–water partition coefficient (Wildman–Crippen LogP) is 5.22. The molecule has 1 heterocycles. The zero-order valence-electron chi connectivity index (χ0n) is 16.6. The number of benzene rings is 2. The topological polar surface area (TPSA) is 57.4 Å². The quantitative estimate of drug-likeness (QED) is 0.598. The summed E-state index contributed by atoms with van der Waals surface area (Å²) in [5.74, 6) is 2.51. The van der Waals surface area contributed by atoms with E-state index in [9.17, 15) is 0 Å². The van der Waals surface area contributed by atoms with Crippen molar-refractivity contribution < 1.29 is 14.0 Å². The number of methoxy groups -OCH3 is 1. The van der Waals surface area contributed by atoms with Crippen molar-refractivity contribution in [2.45, 2.75) is 40.7 Å². The first-order valence-electron chi connectivity index (χ1n) is 9.03.